The number of hydrogen-bond acceptors (Lipinski definition) is 3. The maximum absolute atomic E-state index is 12.5. The van der Waals surface area contributed by atoms with Crippen LogP contribution in [0.15, 0.2) is 18.2 Å². The highest BCUT2D eigenvalue weighted by atomic mass is 19.4. The largest absolute Gasteiger partial charge is 0.486 e. The van der Waals surface area contributed by atoms with Crippen LogP contribution in [0.2, 0.25) is 0 Å². The quantitative estimate of drug-likeness (QED) is 0.887. The van der Waals surface area contributed by atoms with Crippen LogP contribution in [-0.2, 0) is 0 Å². The van der Waals surface area contributed by atoms with E-state index in [1.54, 1.807) is 18.2 Å². The number of fused-ring (bicyclic) bond motifs is 1. The lowest BCUT2D eigenvalue weighted by molar-refractivity contribution is -0.136. The van der Waals surface area contributed by atoms with Crippen molar-refractivity contribution in [3.05, 3.63) is 18.2 Å². The van der Waals surface area contributed by atoms with Crippen LogP contribution >= 0.6 is 0 Å². The number of anilines is 1. The molecule has 1 aliphatic carbocycles. The molecule has 3 rings (SSSR count). The highest BCUT2D eigenvalue weighted by molar-refractivity contribution is 5.91. The molecule has 1 aliphatic heterocycles. The summed E-state index contributed by atoms with van der Waals surface area (Å²) in [7, 11) is 0. The van der Waals surface area contributed by atoms with Crippen molar-refractivity contribution in [3.63, 3.8) is 0 Å². The topological polar surface area (TPSA) is 50.8 Å². The predicted octanol–water partition coefficient (Wildman–Crippen LogP) is 3.65. The Labute approximate surface area is 137 Å². The SMILES string of the molecule is O=C(Nc1cccc2c1OCCO2)N(CCC(F)(F)F)CC1CC1. The van der Waals surface area contributed by atoms with Gasteiger partial charge in [-0.3, -0.25) is 0 Å². The molecule has 0 aromatic heterocycles. The van der Waals surface area contributed by atoms with Crippen LogP contribution in [0.3, 0.4) is 0 Å². The zero-order chi connectivity index (χ0) is 17.2. The minimum absolute atomic E-state index is 0.299. The molecule has 1 fully saturated rings. The van der Waals surface area contributed by atoms with E-state index < -0.39 is 18.6 Å². The van der Waals surface area contributed by atoms with Crippen LogP contribution in [0.5, 0.6) is 11.5 Å². The fourth-order valence-corrected chi connectivity index (χ4v) is 2.52. The maximum atomic E-state index is 12.5. The number of benzene rings is 1. The van der Waals surface area contributed by atoms with Gasteiger partial charge in [-0.15, -0.1) is 0 Å². The van der Waals surface area contributed by atoms with Crippen molar-refractivity contribution in [2.24, 2.45) is 5.92 Å². The zero-order valence-corrected chi connectivity index (χ0v) is 13.1. The number of para-hydroxylation sites is 1. The lowest BCUT2D eigenvalue weighted by Gasteiger charge is -2.25. The summed E-state index contributed by atoms with van der Waals surface area (Å²) >= 11 is 0. The molecule has 1 N–H and O–H groups in total. The van der Waals surface area contributed by atoms with Gasteiger partial charge in [-0.1, -0.05) is 6.07 Å². The highest BCUT2D eigenvalue weighted by Crippen LogP contribution is 2.37. The summed E-state index contributed by atoms with van der Waals surface area (Å²) in [5.74, 6) is 1.23. The number of rotatable bonds is 5. The molecule has 1 aromatic carbocycles. The molecule has 0 bridgehead atoms. The highest BCUT2D eigenvalue weighted by Gasteiger charge is 2.32. The van der Waals surface area contributed by atoms with Crippen molar-refractivity contribution >= 4 is 11.7 Å². The fraction of sp³-hybridized carbons (Fsp3) is 0.562. The third-order valence-corrected chi connectivity index (χ3v) is 3.94. The van der Waals surface area contributed by atoms with Gasteiger partial charge in [-0.05, 0) is 30.9 Å². The van der Waals surface area contributed by atoms with Crippen LogP contribution in [0.25, 0.3) is 0 Å². The van der Waals surface area contributed by atoms with E-state index in [1.807, 2.05) is 0 Å². The van der Waals surface area contributed by atoms with Crippen molar-refractivity contribution < 1.29 is 27.4 Å². The molecular formula is C16H19F3N2O3. The first-order chi connectivity index (χ1) is 11.4. The van der Waals surface area contributed by atoms with Crippen molar-refractivity contribution in [2.45, 2.75) is 25.4 Å². The van der Waals surface area contributed by atoms with Crippen LogP contribution in [-0.4, -0.2) is 43.4 Å². The van der Waals surface area contributed by atoms with Gasteiger partial charge < -0.3 is 19.7 Å². The number of alkyl halides is 3. The molecule has 1 saturated carbocycles. The Bertz CT molecular complexity index is 603. The number of nitrogens with one attached hydrogen (secondary N) is 1. The van der Waals surface area contributed by atoms with E-state index >= 15 is 0 Å². The molecule has 132 valence electrons. The Kier molecular flexibility index (Phi) is 4.73. The van der Waals surface area contributed by atoms with Gasteiger partial charge in [0.1, 0.15) is 13.2 Å². The number of halogens is 3. The van der Waals surface area contributed by atoms with E-state index in [4.69, 9.17) is 9.47 Å². The second-order valence-electron chi connectivity index (χ2n) is 6.01. The van der Waals surface area contributed by atoms with E-state index in [0.29, 0.717) is 42.9 Å². The molecule has 2 amide bonds. The first-order valence-electron chi connectivity index (χ1n) is 7.94. The van der Waals surface area contributed by atoms with Crippen LogP contribution in [0.4, 0.5) is 23.7 Å². The number of amides is 2. The first kappa shape index (κ1) is 16.7. The summed E-state index contributed by atoms with van der Waals surface area (Å²) in [4.78, 5) is 13.7. The molecule has 0 radical (unpaired) electrons. The number of urea groups is 1. The number of hydrogen-bond donors (Lipinski definition) is 1. The standard InChI is InChI=1S/C16H19F3N2O3/c17-16(18,19)6-7-21(10-11-4-5-11)15(22)20-12-2-1-3-13-14(12)24-9-8-23-13/h1-3,11H,4-10H2,(H,20,22). The Balaban J connectivity index is 1.68. The second-order valence-corrected chi connectivity index (χ2v) is 6.01. The van der Waals surface area contributed by atoms with Gasteiger partial charge in [0.2, 0.25) is 0 Å². The fourth-order valence-electron chi connectivity index (χ4n) is 2.52. The van der Waals surface area contributed by atoms with E-state index in [9.17, 15) is 18.0 Å². The summed E-state index contributed by atoms with van der Waals surface area (Å²) in [5.41, 5.74) is 0.407. The molecule has 5 nitrogen and oxygen atoms in total. The van der Waals surface area contributed by atoms with Crippen LogP contribution in [0, 0.1) is 5.92 Å². The zero-order valence-electron chi connectivity index (χ0n) is 13.1. The van der Waals surface area contributed by atoms with E-state index in [-0.39, 0.29) is 6.54 Å². The summed E-state index contributed by atoms with van der Waals surface area (Å²) < 4.78 is 48.4. The van der Waals surface area contributed by atoms with Crippen molar-refractivity contribution in [1.29, 1.82) is 0 Å². The Hall–Kier alpha value is -2.12. The molecule has 8 heteroatoms. The van der Waals surface area contributed by atoms with Gasteiger partial charge in [0, 0.05) is 13.1 Å². The third-order valence-electron chi connectivity index (χ3n) is 3.94. The molecule has 0 unspecified atom stereocenters. The van der Waals surface area contributed by atoms with Crippen LogP contribution < -0.4 is 14.8 Å². The average Bonchev–Trinajstić information content (AvgIpc) is 3.35. The van der Waals surface area contributed by atoms with Crippen molar-refractivity contribution in [3.8, 4) is 11.5 Å². The van der Waals surface area contributed by atoms with E-state index in [2.05, 4.69) is 5.32 Å². The summed E-state index contributed by atoms with van der Waals surface area (Å²) in [6.07, 6.45) is -3.40. The summed E-state index contributed by atoms with van der Waals surface area (Å²) in [6, 6.07) is 4.51. The Morgan fingerprint density at radius 3 is 2.71 bits per heavy atom. The van der Waals surface area contributed by atoms with Crippen LogP contribution in [0.1, 0.15) is 19.3 Å². The van der Waals surface area contributed by atoms with E-state index in [1.165, 1.54) is 4.90 Å². The number of carbonyl (C=O) groups excluding carboxylic acids is 1. The normalized spacial score (nSPS) is 16.6. The van der Waals surface area contributed by atoms with Gasteiger partial charge in [-0.25, -0.2) is 4.79 Å². The third kappa shape index (κ3) is 4.46. The Morgan fingerprint density at radius 2 is 2.00 bits per heavy atom. The first-order valence-corrected chi connectivity index (χ1v) is 7.94. The molecular weight excluding hydrogens is 325 g/mol. The van der Waals surface area contributed by atoms with E-state index in [0.717, 1.165) is 12.8 Å². The average molecular weight is 344 g/mol. The molecule has 24 heavy (non-hydrogen) atoms. The molecule has 0 saturated heterocycles. The van der Waals surface area contributed by atoms with Gasteiger partial charge in [0.25, 0.3) is 0 Å². The Morgan fingerprint density at radius 1 is 1.25 bits per heavy atom. The predicted molar refractivity (Wildman–Crippen MR) is 81.4 cm³/mol. The van der Waals surface area contributed by atoms with Gasteiger partial charge in [-0.2, -0.15) is 13.2 Å². The van der Waals surface area contributed by atoms with Crippen molar-refractivity contribution in [1.82, 2.24) is 4.90 Å². The molecule has 2 aliphatic rings. The number of nitrogens with zero attached hydrogens (tertiary/aromatic N) is 1. The smallest absolute Gasteiger partial charge is 0.390 e. The summed E-state index contributed by atoms with van der Waals surface area (Å²) in [6.45, 7) is 0.774. The minimum atomic E-state index is -4.29. The number of carbonyl (C=O) groups is 1. The monoisotopic (exact) mass is 344 g/mol. The van der Waals surface area contributed by atoms with Gasteiger partial charge in [0.05, 0.1) is 12.1 Å². The van der Waals surface area contributed by atoms with Crippen molar-refractivity contribution in [2.75, 3.05) is 31.6 Å². The minimum Gasteiger partial charge on any atom is -0.486 e. The maximum Gasteiger partial charge on any atom is 0.390 e. The lowest BCUT2D eigenvalue weighted by atomic mass is 10.2. The molecule has 1 heterocycles. The molecule has 0 spiro atoms. The summed E-state index contributed by atoms with van der Waals surface area (Å²) in [5, 5.41) is 2.65. The molecule has 1 aromatic rings. The number of ether oxygens (including phenoxy) is 2. The van der Waals surface area contributed by atoms with Gasteiger partial charge in [0.15, 0.2) is 11.5 Å². The second kappa shape index (κ2) is 6.78. The van der Waals surface area contributed by atoms with Gasteiger partial charge >= 0.3 is 12.2 Å². The lowest BCUT2D eigenvalue weighted by Crippen LogP contribution is -2.39. The molecule has 0 atom stereocenters.